The molecule has 0 aliphatic carbocycles. The van der Waals surface area contributed by atoms with Crippen LogP contribution in [0.1, 0.15) is 4.88 Å². The Morgan fingerprint density at radius 3 is 2.87 bits per heavy atom. The molecular formula is C11H11ClOS2. The summed E-state index contributed by atoms with van der Waals surface area (Å²) < 4.78 is 1.24. The summed E-state index contributed by atoms with van der Waals surface area (Å²) in [6.45, 7) is 0.229. The van der Waals surface area contributed by atoms with Crippen LogP contribution < -0.4 is 0 Å². The van der Waals surface area contributed by atoms with E-state index in [9.17, 15) is 0 Å². The highest BCUT2D eigenvalue weighted by atomic mass is 35.5. The summed E-state index contributed by atoms with van der Waals surface area (Å²) in [5.41, 5.74) is 0. The lowest BCUT2D eigenvalue weighted by molar-refractivity contribution is 0.322. The van der Waals surface area contributed by atoms with E-state index in [1.54, 1.807) is 23.1 Å². The zero-order valence-electron chi connectivity index (χ0n) is 8.07. The van der Waals surface area contributed by atoms with Gasteiger partial charge in [0.1, 0.15) is 0 Å². The molecular weight excluding hydrogens is 248 g/mol. The minimum Gasteiger partial charge on any atom is -0.396 e. The van der Waals surface area contributed by atoms with E-state index in [0.29, 0.717) is 0 Å². The lowest BCUT2D eigenvalue weighted by atomic mass is 10.2. The summed E-state index contributed by atoms with van der Waals surface area (Å²) in [6, 6.07) is 8.17. The number of aliphatic hydroxyl groups excluding tert-OH is 1. The highest BCUT2D eigenvalue weighted by Crippen LogP contribution is 2.36. The monoisotopic (exact) mass is 258 g/mol. The SMILES string of the molecule is OCCSCc1sc2ccccc2c1Cl. The van der Waals surface area contributed by atoms with Crippen molar-refractivity contribution in [3.8, 4) is 0 Å². The molecule has 1 aromatic heterocycles. The van der Waals surface area contributed by atoms with E-state index in [1.165, 1.54) is 9.58 Å². The van der Waals surface area contributed by atoms with Gasteiger partial charge in [-0.15, -0.1) is 11.3 Å². The Balaban J connectivity index is 2.24. The molecule has 0 radical (unpaired) electrons. The molecule has 0 atom stereocenters. The van der Waals surface area contributed by atoms with Gasteiger partial charge in [0, 0.05) is 26.5 Å². The fourth-order valence-corrected chi connectivity index (χ4v) is 3.85. The van der Waals surface area contributed by atoms with Crippen molar-refractivity contribution in [3.05, 3.63) is 34.2 Å². The largest absolute Gasteiger partial charge is 0.396 e. The highest BCUT2D eigenvalue weighted by molar-refractivity contribution is 7.98. The fourth-order valence-electron chi connectivity index (χ4n) is 1.39. The number of rotatable bonds is 4. The van der Waals surface area contributed by atoms with Gasteiger partial charge in [-0.1, -0.05) is 29.8 Å². The maximum atomic E-state index is 8.70. The third-order valence-corrected chi connectivity index (χ3v) is 4.93. The van der Waals surface area contributed by atoms with Gasteiger partial charge in [-0.3, -0.25) is 0 Å². The van der Waals surface area contributed by atoms with E-state index < -0.39 is 0 Å². The first kappa shape index (κ1) is 11.3. The summed E-state index contributed by atoms with van der Waals surface area (Å²) in [4.78, 5) is 1.20. The molecule has 2 aromatic rings. The Bertz CT molecular complexity index is 453. The van der Waals surface area contributed by atoms with Crippen molar-refractivity contribution in [1.29, 1.82) is 0 Å². The Kier molecular flexibility index (Phi) is 3.92. The van der Waals surface area contributed by atoms with Gasteiger partial charge in [0.05, 0.1) is 11.6 Å². The molecule has 0 saturated heterocycles. The maximum absolute atomic E-state index is 8.70. The molecule has 0 bridgehead atoms. The van der Waals surface area contributed by atoms with Gasteiger partial charge in [-0.05, 0) is 6.07 Å². The van der Waals surface area contributed by atoms with Crippen molar-refractivity contribution in [2.75, 3.05) is 12.4 Å². The zero-order chi connectivity index (χ0) is 10.7. The number of hydrogen-bond acceptors (Lipinski definition) is 3. The summed E-state index contributed by atoms with van der Waals surface area (Å²) >= 11 is 9.72. The first-order chi connectivity index (χ1) is 7.33. The number of thiophene rings is 1. The van der Waals surface area contributed by atoms with Crippen LogP contribution in [0.3, 0.4) is 0 Å². The van der Waals surface area contributed by atoms with Crippen molar-refractivity contribution in [2.45, 2.75) is 5.75 Å². The summed E-state index contributed by atoms with van der Waals surface area (Å²) in [5.74, 6) is 1.66. The van der Waals surface area contributed by atoms with Crippen molar-refractivity contribution in [3.63, 3.8) is 0 Å². The molecule has 0 saturated carbocycles. The van der Waals surface area contributed by atoms with E-state index in [2.05, 4.69) is 6.07 Å². The molecule has 1 heterocycles. The molecule has 15 heavy (non-hydrogen) atoms. The lowest BCUT2D eigenvalue weighted by Crippen LogP contribution is -1.86. The molecule has 2 rings (SSSR count). The van der Waals surface area contributed by atoms with Crippen LogP contribution >= 0.6 is 34.7 Å². The summed E-state index contributed by atoms with van der Waals surface area (Å²) in [6.07, 6.45) is 0. The molecule has 1 aromatic carbocycles. The average molecular weight is 259 g/mol. The summed E-state index contributed by atoms with van der Waals surface area (Å²) in [7, 11) is 0. The Morgan fingerprint density at radius 2 is 2.13 bits per heavy atom. The first-order valence-corrected chi connectivity index (χ1v) is 7.02. The fraction of sp³-hybridized carbons (Fsp3) is 0.273. The predicted molar refractivity (Wildman–Crippen MR) is 70.1 cm³/mol. The smallest absolute Gasteiger partial charge is 0.0632 e. The first-order valence-electron chi connectivity index (χ1n) is 4.67. The molecule has 0 fully saturated rings. The zero-order valence-corrected chi connectivity index (χ0v) is 10.5. The van der Waals surface area contributed by atoms with Gasteiger partial charge in [0.15, 0.2) is 0 Å². The molecule has 0 aliphatic rings. The van der Waals surface area contributed by atoms with Gasteiger partial charge >= 0.3 is 0 Å². The molecule has 1 nitrogen and oxygen atoms in total. The van der Waals surface area contributed by atoms with E-state index in [1.807, 2.05) is 18.2 Å². The molecule has 1 N–H and O–H groups in total. The molecule has 80 valence electrons. The van der Waals surface area contributed by atoms with E-state index in [-0.39, 0.29) is 6.61 Å². The molecule has 0 unspecified atom stereocenters. The standard InChI is InChI=1S/C11H11ClOS2/c12-11-8-3-1-2-4-9(8)15-10(11)7-14-6-5-13/h1-4,13H,5-7H2. The van der Waals surface area contributed by atoms with Crippen LogP contribution in [0.25, 0.3) is 10.1 Å². The number of halogens is 1. The second kappa shape index (κ2) is 5.21. The Labute approximate surface area is 102 Å². The number of fused-ring (bicyclic) bond motifs is 1. The van der Waals surface area contributed by atoms with Gasteiger partial charge in [-0.25, -0.2) is 0 Å². The van der Waals surface area contributed by atoms with E-state index >= 15 is 0 Å². The second-order valence-electron chi connectivity index (χ2n) is 3.11. The topological polar surface area (TPSA) is 20.2 Å². The quantitative estimate of drug-likeness (QED) is 0.843. The van der Waals surface area contributed by atoms with Crippen LogP contribution in [0.5, 0.6) is 0 Å². The average Bonchev–Trinajstić information content (AvgIpc) is 2.57. The number of benzene rings is 1. The minimum absolute atomic E-state index is 0.229. The number of hydrogen-bond donors (Lipinski definition) is 1. The third kappa shape index (κ3) is 2.48. The van der Waals surface area contributed by atoms with Crippen molar-refractivity contribution in [1.82, 2.24) is 0 Å². The molecule has 0 aliphatic heterocycles. The summed E-state index contributed by atoms with van der Waals surface area (Å²) in [5, 5.41) is 10.7. The van der Waals surface area contributed by atoms with E-state index in [4.69, 9.17) is 16.7 Å². The third-order valence-electron chi connectivity index (χ3n) is 2.07. The molecule has 4 heteroatoms. The van der Waals surface area contributed by atoms with Gasteiger partial charge in [-0.2, -0.15) is 11.8 Å². The van der Waals surface area contributed by atoms with E-state index in [0.717, 1.165) is 21.9 Å². The molecule has 0 spiro atoms. The van der Waals surface area contributed by atoms with Gasteiger partial charge in [0.2, 0.25) is 0 Å². The molecule has 0 amide bonds. The van der Waals surface area contributed by atoms with Crippen LogP contribution in [0, 0.1) is 0 Å². The maximum Gasteiger partial charge on any atom is 0.0632 e. The predicted octanol–water partition coefficient (Wildman–Crippen LogP) is 3.78. The normalized spacial score (nSPS) is 11.1. The van der Waals surface area contributed by atoms with Crippen LogP contribution in [-0.2, 0) is 5.75 Å². The lowest BCUT2D eigenvalue weighted by Gasteiger charge is -1.96. The van der Waals surface area contributed by atoms with Crippen LogP contribution in [0.15, 0.2) is 24.3 Å². The number of thioether (sulfide) groups is 1. The van der Waals surface area contributed by atoms with Crippen molar-refractivity contribution >= 4 is 44.8 Å². The van der Waals surface area contributed by atoms with Crippen molar-refractivity contribution < 1.29 is 5.11 Å². The minimum atomic E-state index is 0.229. The Hall–Kier alpha value is -0.220. The van der Waals surface area contributed by atoms with Crippen molar-refractivity contribution in [2.24, 2.45) is 0 Å². The van der Waals surface area contributed by atoms with Gasteiger partial charge in [0.25, 0.3) is 0 Å². The highest BCUT2D eigenvalue weighted by Gasteiger charge is 2.08. The second-order valence-corrected chi connectivity index (χ2v) is 5.73. The number of aliphatic hydroxyl groups is 1. The van der Waals surface area contributed by atoms with Crippen LogP contribution in [0.2, 0.25) is 5.02 Å². The Morgan fingerprint density at radius 1 is 1.33 bits per heavy atom. The van der Waals surface area contributed by atoms with Gasteiger partial charge < -0.3 is 5.11 Å². The van der Waals surface area contributed by atoms with Crippen LogP contribution in [-0.4, -0.2) is 17.5 Å². The van der Waals surface area contributed by atoms with Crippen LogP contribution in [0.4, 0.5) is 0 Å².